The quantitative estimate of drug-likeness (QED) is 0.912. The van der Waals surface area contributed by atoms with Crippen molar-refractivity contribution in [2.75, 3.05) is 18.1 Å². The van der Waals surface area contributed by atoms with Crippen molar-refractivity contribution in [1.29, 1.82) is 0 Å². The van der Waals surface area contributed by atoms with Gasteiger partial charge in [-0.3, -0.25) is 0 Å². The Kier molecular flexibility index (Phi) is 4.16. The van der Waals surface area contributed by atoms with E-state index in [1.807, 2.05) is 13.1 Å². The van der Waals surface area contributed by atoms with E-state index < -0.39 is 9.84 Å². The van der Waals surface area contributed by atoms with Crippen LogP contribution >= 0.6 is 11.3 Å². The lowest BCUT2D eigenvalue weighted by Crippen LogP contribution is -2.10. The van der Waals surface area contributed by atoms with Gasteiger partial charge in [0.1, 0.15) is 10.7 Å². The molecule has 19 heavy (non-hydrogen) atoms. The molecule has 0 aliphatic carbocycles. The van der Waals surface area contributed by atoms with E-state index in [1.165, 1.54) is 11.1 Å². The predicted octanol–water partition coefficient (Wildman–Crippen LogP) is 1.90. The molecule has 102 valence electrons. The molecule has 0 amide bonds. The zero-order valence-corrected chi connectivity index (χ0v) is 12.4. The molecule has 2 rings (SSSR count). The van der Waals surface area contributed by atoms with Gasteiger partial charge in [0.15, 0.2) is 9.84 Å². The van der Waals surface area contributed by atoms with Gasteiger partial charge >= 0.3 is 0 Å². The van der Waals surface area contributed by atoms with E-state index in [0.717, 1.165) is 11.4 Å². The van der Waals surface area contributed by atoms with Crippen LogP contribution in [0.15, 0.2) is 29.4 Å². The average Bonchev–Trinajstić information content (AvgIpc) is 2.74. The lowest BCUT2D eigenvalue weighted by molar-refractivity contribution is 0.602. The third kappa shape index (κ3) is 3.74. The number of aryl methyl sites for hydroxylation is 1. The summed E-state index contributed by atoms with van der Waals surface area (Å²) in [4.78, 5) is 9.73. The van der Waals surface area contributed by atoms with E-state index in [9.17, 15) is 8.42 Å². The van der Waals surface area contributed by atoms with Gasteiger partial charge < -0.3 is 5.32 Å². The van der Waals surface area contributed by atoms with Crippen molar-refractivity contribution in [2.45, 2.75) is 18.2 Å². The van der Waals surface area contributed by atoms with E-state index >= 15 is 0 Å². The summed E-state index contributed by atoms with van der Waals surface area (Å²) in [5.74, 6) is 0.401. The normalized spacial score (nSPS) is 11.5. The van der Waals surface area contributed by atoms with E-state index in [1.54, 1.807) is 29.7 Å². The van der Waals surface area contributed by atoms with Crippen LogP contribution in [0.4, 0.5) is 5.82 Å². The van der Waals surface area contributed by atoms with Crippen molar-refractivity contribution >= 4 is 27.0 Å². The van der Waals surface area contributed by atoms with Crippen molar-refractivity contribution in [3.8, 4) is 0 Å². The third-order valence-electron chi connectivity index (χ3n) is 2.47. The molecule has 5 nitrogen and oxygen atoms in total. The van der Waals surface area contributed by atoms with Crippen LogP contribution in [0.5, 0.6) is 0 Å². The Labute approximate surface area is 116 Å². The topological polar surface area (TPSA) is 72.0 Å². The second-order valence-electron chi connectivity index (χ2n) is 4.16. The largest absolute Gasteiger partial charge is 0.369 e. The summed E-state index contributed by atoms with van der Waals surface area (Å²) in [5.41, 5.74) is 0. The molecule has 2 aromatic rings. The van der Waals surface area contributed by atoms with Crippen LogP contribution in [0.1, 0.15) is 9.88 Å². The van der Waals surface area contributed by atoms with Gasteiger partial charge in [-0.05, 0) is 19.1 Å². The van der Waals surface area contributed by atoms with E-state index in [0.29, 0.717) is 12.4 Å². The first-order valence-corrected chi connectivity index (χ1v) is 8.48. The van der Waals surface area contributed by atoms with Crippen LogP contribution in [-0.4, -0.2) is 31.2 Å². The minimum atomic E-state index is -3.26. The van der Waals surface area contributed by atoms with Gasteiger partial charge in [0.05, 0.1) is 5.01 Å². The summed E-state index contributed by atoms with van der Waals surface area (Å²) in [6.07, 6.45) is 5.34. The van der Waals surface area contributed by atoms with Gasteiger partial charge in [-0.25, -0.2) is 18.4 Å². The molecule has 0 radical (unpaired) electrons. The molecule has 0 spiro atoms. The summed E-state index contributed by atoms with van der Waals surface area (Å²) in [6.45, 7) is 2.61. The molecular weight excluding hydrogens is 282 g/mol. The van der Waals surface area contributed by atoms with Crippen molar-refractivity contribution in [1.82, 2.24) is 9.97 Å². The van der Waals surface area contributed by atoms with Gasteiger partial charge in [0.2, 0.25) is 0 Å². The Balaban J connectivity index is 2.04. The Hall–Kier alpha value is -1.47. The molecule has 0 saturated carbocycles. The van der Waals surface area contributed by atoms with Gasteiger partial charge in [-0.15, -0.1) is 11.3 Å². The monoisotopic (exact) mass is 297 g/mol. The second-order valence-corrected chi connectivity index (χ2v) is 7.47. The summed E-state index contributed by atoms with van der Waals surface area (Å²) in [7, 11) is -3.26. The first-order valence-electron chi connectivity index (χ1n) is 5.77. The van der Waals surface area contributed by atoms with Crippen LogP contribution < -0.4 is 5.32 Å². The SMILES string of the molecule is Cc1cnc(CCNc2ncccc2S(C)(=O)=O)s1. The molecule has 1 N–H and O–H groups in total. The fourth-order valence-electron chi connectivity index (χ4n) is 1.63. The Bertz CT molecular complexity index is 665. The summed E-state index contributed by atoms with van der Waals surface area (Å²) in [6, 6.07) is 3.17. The molecule has 0 fully saturated rings. The zero-order valence-electron chi connectivity index (χ0n) is 10.8. The highest BCUT2D eigenvalue weighted by Crippen LogP contribution is 2.18. The lowest BCUT2D eigenvalue weighted by Gasteiger charge is -2.08. The highest BCUT2D eigenvalue weighted by atomic mass is 32.2. The first-order chi connectivity index (χ1) is 8.97. The predicted molar refractivity (Wildman–Crippen MR) is 76.4 cm³/mol. The molecule has 0 aromatic carbocycles. The maximum atomic E-state index is 11.6. The molecule has 2 aromatic heterocycles. The highest BCUT2D eigenvalue weighted by molar-refractivity contribution is 7.90. The van der Waals surface area contributed by atoms with Crippen LogP contribution in [0, 0.1) is 6.92 Å². The summed E-state index contributed by atoms with van der Waals surface area (Å²) in [5, 5.41) is 4.08. The summed E-state index contributed by atoms with van der Waals surface area (Å²) < 4.78 is 23.2. The van der Waals surface area contributed by atoms with E-state index in [4.69, 9.17) is 0 Å². The van der Waals surface area contributed by atoms with E-state index in [-0.39, 0.29) is 4.90 Å². The van der Waals surface area contributed by atoms with Gasteiger partial charge in [-0.2, -0.15) is 0 Å². The number of hydrogen-bond donors (Lipinski definition) is 1. The Morgan fingerprint density at radius 2 is 2.16 bits per heavy atom. The van der Waals surface area contributed by atoms with Crippen LogP contribution in [0.3, 0.4) is 0 Å². The smallest absolute Gasteiger partial charge is 0.179 e. The van der Waals surface area contributed by atoms with E-state index in [2.05, 4.69) is 15.3 Å². The minimum absolute atomic E-state index is 0.227. The molecule has 2 heterocycles. The molecule has 0 bridgehead atoms. The third-order valence-corrected chi connectivity index (χ3v) is 4.57. The molecule has 0 unspecified atom stereocenters. The number of hydrogen-bond acceptors (Lipinski definition) is 6. The molecule has 0 atom stereocenters. The fraction of sp³-hybridized carbons (Fsp3) is 0.333. The van der Waals surface area contributed by atoms with Crippen LogP contribution in [0.25, 0.3) is 0 Å². The molecule has 0 aliphatic rings. The Morgan fingerprint density at radius 1 is 1.37 bits per heavy atom. The van der Waals surface area contributed by atoms with Crippen LogP contribution in [0.2, 0.25) is 0 Å². The minimum Gasteiger partial charge on any atom is -0.369 e. The van der Waals surface area contributed by atoms with Crippen LogP contribution in [-0.2, 0) is 16.3 Å². The molecule has 0 aliphatic heterocycles. The van der Waals surface area contributed by atoms with Crippen molar-refractivity contribution in [2.24, 2.45) is 0 Å². The van der Waals surface area contributed by atoms with Crippen molar-refractivity contribution < 1.29 is 8.42 Å². The molecular formula is C12H15N3O2S2. The van der Waals surface area contributed by atoms with Crippen molar-refractivity contribution in [3.05, 3.63) is 34.4 Å². The second kappa shape index (κ2) is 5.66. The maximum Gasteiger partial charge on any atom is 0.179 e. The number of rotatable bonds is 5. The maximum absolute atomic E-state index is 11.6. The number of thiazole rings is 1. The fourth-order valence-corrected chi connectivity index (χ4v) is 3.22. The van der Waals surface area contributed by atoms with Crippen molar-refractivity contribution in [3.63, 3.8) is 0 Å². The number of pyridine rings is 1. The first kappa shape index (κ1) is 14.0. The van der Waals surface area contributed by atoms with Gasteiger partial charge in [0.25, 0.3) is 0 Å². The molecule has 0 saturated heterocycles. The highest BCUT2D eigenvalue weighted by Gasteiger charge is 2.13. The number of nitrogens with one attached hydrogen (secondary N) is 1. The number of aromatic nitrogens is 2. The lowest BCUT2D eigenvalue weighted by atomic mass is 10.4. The van der Waals surface area contributed by atoms with Gasteiger partial charge in [-0.1, -0.05) is 0 Å². The molecule has 7 heteroatoms. The number of nitrogens with zero attached hydrogens (tertiary/aromatic N) is 2. The number of anilines is 1. The zero-order chi connectivity index (χ0) is 13.9. The standard InChI is InChI=1S/C12H15N3O2S2/c1-9-8-15-11(18-9)5-7-14-12-10(19(2,16)17)4-3-6-13-12/h3-4,6,8H,5,7H2,1-2H3,(H,13,14). The summed E-state index contributed by atoms with van der Waals surface area (Å²) >= 11 is 1.64. The Morgan fingerprint density at radius 3 is 2.79 bits per heavy atom. The van der Waals surface area contributed by atoms with Gasteiger partial charge in [0, 0.05) is 36.5 Å². The average molecular weight is 297 g/mol. The number of sulfone groups is 1.